The smallest absolute Gasteiger partial charge is 0.316 e. The minimum absolute atomic E-state index is 0.147. The summed E-state index contributed by atoms with van der Waals surface area (Å²) in [5, 5.41) is 12.0. The van der Waals surface area contributed by atoms with Crippen LogP contribution in [0.3, 0.4) is 0 Å². The first-order chi connectivity index (χ1) is 10.4. The van der Waals surface area contributed by atoms with Crippen LogP contribution in [-0.4, -0.2) is 44.6 Å². The van der Waals surface area contributed by atoms with Crippen LogP contribution in [0.1, 0.15) is 20.8 Å². The van der Waals surface area contributed by atoms with Crippen molar-refractivity contribution in [1.29, 1.82) is 0 Å². The van der Waals surface area contributed by atoms with E-state index < -0.39 is 5.60 Å². The lowest BCUT2D eigenvalue weighted by molar-refractivity contribution is -0.151. The summed E-state index contributed by atoms with van der Waals surface area (Å²) in [5.74, 6) is 0.593. The predicted octanol–water partition coefficient (Wildman–Crippen LogP) is 2.10. The molecule has 1 heterocycles. The van der Waals surface area contributed by atoms with Gasteiger partial charge in [-0.15, -0.1) is 5.10 Å². The number of nitrogens with zero attached hydrogens (tertiary/aromatic N) is 4. The van der Waals surface area contributed by atoms with Gasteiger partial charge in [0.2, 0.25) is 5.16 Å². The van der Waals surface area contributed by atoms with Crippen molar-refractivity contribution >= 4 is 17.7 Å². The Morgan fingerprint density at radius 3 is 2.55 bits per heavy atom. The van der Waals surface area contributed by atoms with Gasteiger partial charge in [0.25, 0.3) is 0 Å². The normalized spacial score (nSPS) is 11.3. The van der Waals surface area contributed by atoms with Crippen molar-refractivity contribution in [3.63, 3.8) is 0 Å². The summed E-state index contributed by atoms with van der Waals surface area (Å²) in [7, 11) is 1.61. The maximum Gasteiger partial charge on any atom is 0.316 e. The van der Waals surface area contributed by atoms with E-state index in [2.05, 4.69) is 15.5 Å². The predicted molar refractivity (Wildman–Crippen MR) is 82.3 cm³/mol. The highest BCUT2D eigenvalue weighted by Gasteiger charge is 2.18. The van der Waals surface area contributed by atoms with Crippen LogP contribution in [0.2, 0.25) is 0 Å². The van der Waals surface area contributed by atoms with Crippen molar-refractivity contribution in [2.24, 2.45) is 0 Å². The van der Waals surface area contributed by atoms with E-state index in [1.54, 1.807) is 11.8 Å². The number of ether oxygens (including phenoxy) is 2. The maximum atomic E-state index is 11.7. The molecule has 0 spiro atoms. The quantitative estimate of drug-likeness (QED) is 0.616. The molecule has 0 saturated carbocycles. The van der Waals surface area contributed by atoms with Crippen molar-refractivity contribution in [2.75, 3.05) is 12.9 Å². The van der Waals surface area contributed by atoms with E-state index in [9.17, 15) is 4.79 Å². The van der Waals surface area contributed by atoms with Crippen LogP contribution in [-0.2, 0) is 9.53 Å². The molecule has 0 amide bonds. The monoisotopic (exact) mass is 322 g/mol. The molecule has 8 heteroatoms. The van der Waals surface area contributed by atoms with Crippen molar-refractivity contribution in [1.82, 2.24) is 20.2 Å². The van der Waals surface area contributed by atoms with E-state index >= 15 is 0 Å². The van der Waals surface area contributed by atoms with E-state index in [-0.39, 0.29) is 11.7 Å². The molecule has 2 aromatic rings. The molecule has 0 bridgehead atoms. The Hall–Kier alpha value is -2.09. The highest BCUT2D eigenvalue weighted by atomic mass is 32.2. The second-order valence-corrected chi connectivity index (χ2v) is 6.39. The Balaban J connectivity index is 2.04. The molecule has 0 atom stereocenters. The summed E-state index contributed by atoms with van der Waals surface area (Å²) >= 11 is 1.23. The van der Waals surface area contributed by atoms with E-state index in [0.29, 0.717) is 5.16 Å². The molecule has 0 aliphatic rings. The molecule has 0 saturated heterocycles. The molecular formula is C14H18N4O3S. The minimum Gasteiger partial charge on any atom is -0.497 e. The lowest BCUT2D eigenvalue weighted by Crippen LogP contribution is -2.25. The summed E-state index contributed by atoms with van der Waals surface area (Å²) < 4.78 is 11.9. The third kappa shape index (κ3) is 4.45. The SMILES string of the molecule is COc1ccc(-n2nnnc2SCC(=O)OC(C)(C)C)cc1. The van der Waals surface area contributed by atoms with Crippen molar-refractivity contribution in [3.05, 3.63) is 24.3 Å². The van der Waals surface area contributed by atoms with Crippen LogP contribution in [0.5, 0.6) is 5.75 Å². The molecule has 2 rings (SSSR count). The van der Waals surface area contributed by atoms with Gasteiger partial charge < -0.3 is 9.47 Å². The zero-order chi connectivity index (χ0) is 16.2. The number of tetrazole rings is 1. The second kappa shape index (κ2) is 6.78. The number of thioether (sulfide) groups is 1. The first-order valence-electron chi connectivity index (χ1n) is 6.66. The number of rotatable bonds is 5. The van der Waals surface area contributed by atoms with Gasteiger partial charge in [-0.3, -0.25) is 4.79 Å². The fraction of sp³-hybridized carbons (Fsp3) is 0.429. The number of methoxy groups -OCH3 is 1. The lowest BCUT2D eigenvalue weighted by Gasteiger charge is -2.19. The van der Waals surface area contributed by atoms with Gasteiger partial charge in [0.1, 0.15) is 11.4 Å². The molecule has 1 aromatic carbocycles. The zero-order valence-electron chi connectivity index (χ0n) is 12.9. The van der Waals surface area contributed by atoms with Crippen LogP contribution in [0, 0.1) is 0 Å². The Bertz CT molecular complexity index is 634. The summed E-state index contributed by atoms with van der Waals surface area (Å²) in [6.07, 6.45) is 0. The molecule has 7 nitrogen and oxygen atoms in total. The van der Waals surface area contributed by atoms with Gasteiger partial charge in [-0.2, -0.15) is 4.68 Å². The molecular weight excluding hydrogens is 304 g/mol. The first kappa shape index (κ1) is 16.3. The Morgan fingerprint density at radius 2 is 1.95 bits per heavy atom. The Labute approximate surface area is 133 Å². The largest absolute Gasteiger partial charge is 0.497 e. The molecule has 0 unspecified atom stereocenters. The molecule has 0 radical (unpaired) electrons. The average Bonchev–Trinajstić information content (AvgIpc) is 2.92. The van der Waals surface area contributed by atoms with E-state index in [1.165, 1.54) is 11.8 Å². The fourth-order valence-corrected chi connectivity index (χ4v) is 2.31. The number of carbonyl (C=O) groups is 1. The number of carbonyl (C=O) groups excluding carboxylic acids is 1. The van der Waals surface area contributed by atoms with Gasteiger partial charge in [0, 0.05) is 0 Å². The van der Waals surface area contributed by atoms with E-state index in [0.717, 1.165) is 11.4 Å². The number of benzene rings is 1. The van der Waals surface area contributed by atoms with Gasteiger partial charge in [0.05, 0.1) is 18.6 Å². The number of hydrogen-bond acceptors (Lipinski definition) is 7. The second-order valence-electron chi connectivity index (χ2n) is 5.45. The molecule has 22 heavy (non-hydrogen) atoms. The molecule has 0 aliphatic carbocycles. The number of esters is 1. The minimum atomic E-state index is -0.500. The van der Waals surface area contributed by atoms with Crippen LogP contribution in [0.25, 0.3) is 5.69 Å². The van der Waals surface area contributed by atoms with Gasteiger partial charge in [0.15, 0.2) is 0 Å². The van der Waals surface area contributed by atoms with E-state index in [1.807, 2.05) is 45.0 Å². The fourth-order valence-electron chi connectivity index (χ4n) is 1.65. The van der Waals surface area contributed by atoms with Gasteiger partial charge in [-0.25, -0.2) is 0 Å². The van der Waals surface area contributed by atoms with Crippen molar-refractivity contribution in [3.8, 4) is 11.4 Å². The maximum absolute atomic E-state index is 11.7. The van der Waals surface area contributed by atoms with Gasteiger partial charge in [-0.05, 0) is 55.5 Å². The van der Waals surface area contributed by atoms with Crippen LogP contribution < -0.4 is 4.74 Å². The summed E-state index contributed by atoms with van der Waals surface area (Å²) in [4.78, 5) is 11.7. The molecule has 1 aromatic heterocycles. The highest BCUT2D eigenvalue weighted by molar-refractivity contribution is 7.99. The molecule has 0 N–H and O–H groups in total. The van der Waals surface area contributed by atoms with Crippen LogP contribution >= 0.6 is 11.8 Å². The molecule has 118 valence electrons. The first-order valence-corrected chi connectivity index (χ1v) is 7.65. The third-order valence-electron chi connectivity index (χ3n) is 2.50. The number of aromatic nitrogens is 4. The van der Waals surface area contributed by atoms with Crippen molar-refractivity contribution in [2.45, 2.75) is 31.5 Å². The molecule has 0 fully saturated rings. The van der Waals surface area contributed by atoms with Crippen LogP contribution in [0.15, 0.2) is 29.4 Å². The summed E-state index contributed by atoms with van der Waals surface area (Å²) in [6.45, 7) is 5.49. The Morgan fingerprint density at radius 1 is 1.27 bits per heavy atom. The Kier molecular flexibility index (Phi) is 5.02. The molecule has 0 aliphatic heterocycles. The topological polar surface area (TPSA) is 79.1 Å². The summed E-state index contributed by atoms with van der Waals surface area (Å²) in [6, 6.07) is 7.32. The zero-order valence-corrected chi connectivity index (χ0v) is 13.8. The number of hydrogen-bond donors (Lipinski definition) is 0. The summed E-state index contributed by atoms with van der Waals surface area (Å²) in [5.41, 5.74) is 0.289. The standard InChI is InChI=1S/C14H18N4O3S/c1-14(2,3)21-12(19)9-22-13-15-16-17-18(13)10-5-7-11(20-4)8-6-10/h5-8H,9H2,1-4H3. The van der Waals surface area contributed by atoms with Crippen molar-refractivity contribution < 1.29 is 14.3 Å². The van der Waals surface area contributed by atoms with E-state index in [4.69, 9.17) is 9.47 Å². The van der Waals surface area contributed by atoms with Crippen LogP contribution in [0.4, 0.5) is 0 Å². The third-order valence-corrected chi connectivity index (χ3v) is 3.39. The van der Waals surface area contributed by atoms with Gasteiger partial charge >= 0.3 is 5.97 Å². The average molecular weight is 322 g/mol. The van der Waals surface area contributed by atoms with Gasteiger partial charge in [-0.1, -0.05) is 11.8 Å². The highest BCUT2D eigenvalue weighted by Crippen LogP contribution is 2.21. The lowest BCUT2D eigenvalue weighted by atomic mass is 10.2.